The van der Waals surface area contributed by atoms with E-state index in [2.05, 4.69) is 9.72 Å². The molecule has 1 aromatic carbocycles. The number of methoxy groups -OCH3 is 1. The summed E-state index contributed by atoms with van der Waals surface area (Å²) in [4.78, 5) is 15.2. The summed E-state index contributed by atoms with van der Waals surface area (Å²) in [5.41, 5.74) is 6.07. The Kier molecular flexibility index (Phi) is 2.25. The van der Waals surface area contributed by atoms with Crippen LogP contribution in [-0.2, 0) is 4.74 Å². The summed E-state index contributed by atoms with van der Waals surface area (Å²) in [5, 5.41) is 1.82. The van der Waals surface area contributed by atoms with Crippen LogP contribution in [0.1, 0.15) is 10.4 Å². The number of esters is 1. The maximum atomic E-state index is 11.3. The van der Waals surface area contributed by atoms with E-state index < -0.39 is 0 Å². The van der Waals surface area contributed by atoms with Crippen molar-refractivity contribution in [1.82, 2.24) is 4.98 Å². The normalized spacial score (nSPS) is 10.2. The van der Waals surface area contributed by atoms with Gasteiger partial charge in [0.15, 0.2) is 0 Å². The van der Waals surface area contributed by atoms with Gasteiger partial charge >= 0.3 is 5.97 Å². The zero-order valence-electron chi connectivity index (χ0n) is 8.23. The lowest BCUT2D eigenvalue weighted by molar-refractivity contribution is 0.0601. The van der Waals surface area contributed by atoms with Gasteiger partial charge in [0.1, 0.15) is 5.82 Å². The first-order chi connectivity index (χ1) is 7.20. The van der Waals surface area contributed by atoms with Crippen molar-refractivity contribution >= 4 is 22.6 Å². The maximum absolute atomic E-state index is 11.3. The Morgan fingerprint density at radius 1 is 1.33 bits per heavy atom. The number of benzene rings is 1. The summed E-state index contributed by atoms with van der Waals surface area (Å²) in [5.74, 6) is 0.0804. The lowest BCUT2D eigenvalue weighted by atomic mass is 10.1. The molecule has 0 amide bonds. The Balaban J connectivity index is 2.59. The van der Waals surface area contributed by atoms with Crippen molar-refractivity contribution in [3.05, 3.63) is 36.0 Å². The summed E-state index contributed by atoms with van der Waals surface area (Å²) in [6.45, 7) is 0. The average molecular weight is 202 g/mol. The highest BCUT2D eigenvalue weighted by Crippen LogP contribution is 2.17. The first-order valence-electron chi connectivity index (χ1n) is 4.44. The Morgan fingerprint density at radius 3 is 2.87 bits per heavy atom. The molecule has 0 aliphatic rings. The van der Waals surface area contributed by atoms with Crippen molar-refractivity contribution in [2.24, 2.45) is 0 Å². The third-order valence-electron chi connectivity index (χ3n) is 2.16. The van der Waals surface area contributed by atoms with Crippen LogP contribution in [0, 0.1) is 0 Å². The van der Waals surface area contributed by atoms with Gasteiger partial charge < -0.3 is 10.5 Å². The second-order valence-corrected chi connectivity index (χ2v) is 3.16. The van der Waals surface area contributed by atoms with E-state index in [1.54, 1.807) is 24.4 Å². The third kappa shape index (κ3) is 1.74. The molecule has 1 aromatic heterocycles. The van der Waals surface area contributed by atoms with Crippen LogP contribution in [0.2, 0.25) is 0 Å². The number of anilines is 1. The first kappa shape index (κ1) is 9.45. The van der Waals surface area contributed by atoms with Crippen molar-refractivity contribution in [3.8, 4) is 0 Å². The summed E-state index contributed by atoms with van der Waals surface area (Å²) in [6.07, 6.45) is 1.67. The third-order valence-corrected chi connectivity index (χ3v) is 2.16. The van der Waals surface area contributed by atoms with E-state index in [4.69, 9.17) is 5.73 Å². The minimum absolute atomic E-state index is 0.354. The van der Waals surface area contributed by atoms with Gasteiger partial charge in [-0.05, 0) is 23.6 Å². The van der Waals surface area contributed by atoms with Gasteiger partial charge in [0.2, 0.25) is 0 Å². The quantitative estimate of drug-likeness (QED) is 0.713. The van der Waals surface area contributed by atoms with Crippen LogP contribution in [-0.4, -0.2) is 18.1 Å². The number of carbonyl (C=O) groups excluding carboxylic acids is 1. The average Bonchev–Trinajstić information content (AvgIpc) is 2.27. The number of hydrogen-bond acceptors (Lipinski definition) is 4. The van der Waals surface area contributed by atoms with Crippen LogP contribution in [0.4, 0.5) is 5.82 Å². The molecule has 0 radical (unpaired) electrons. The Labute approximate surface area is 86.7 Å². The number of aromatic nitrogens is 1. The first-order valence-corrected chi connectivity index (χ1v) is 4.44. The lowest BCUT2D eigenvalue weighted by Crippen LogP contribution is -2.00. The fourth-order valence-electron chi connectivity index (χ4n) is 1.40. The largest absolute Gasteiger partial charge is 0.465 e. The van der Waals surface area contributed by atoms with Crippen molar-refractivity contribution in [2.75, 3.05) is 12.8 Å². The molecule has 0 saturated carbocycles. The van der Waals surface area contributed by atoms with Crippen LogP contribution in [0.3, 0.4) is 0 Å². The molecule has 0 saturated heterocycles. The second-order valence-electron chi connectivity index (χ2n) is 3.16. The van der Waals surface area contributed by atoms with Gasteiger partial charge in [-0.3, -0.25) is 0 Å². The van der Waals surface area contributed by atoms with Crippen LogP contribution in [0.5, 0.6) is 0 Å². The number of hydrogen-bond donors (Lipinski definition) is 1. The fourth-order valence-corrected chi connectivity index (χ4v) is 1.40. The molecule has 0 aliphatic heterocycles. The zero-order valence-corrected chi connectivity index (χ0v) is 8.23. The number of carbonyl (C=O) groups is 1. The van der Waals surface area contributed by atoms with E-state index in [0.29, 0.717) is 11.4 Å². The number of ether oxygens (including phenoxy) is 1. The van der Waals surface area contributed by atoms with E-state index >= 15 is 0 Å². The topological polar surface area (TPSA) is 65.2 Å². The van der Waals surface area contributed by atoms with Crippen LogP contribution >= 0.6 is 0 Å². The van der Waals surface area contributed by atoms with E-state index in [1.165, 1.54) is 7.11 Å². The Bertz CT molecular complexity index is 523. The van der Waals surface area contributed by atoms with Crippen LogP contribution < -0.4 is 5.73 Å². The number of fused-ring (bicyclic) bond motifs is 1. The molecule has 0 fully saturated rings. The molecule has 0 bridgehead atoms. The molecule has 15 heavy (non-hydrogen) atoms. The van der Waals surface area contributed by atoms with E-state index in [1.807, 2.05) is 6.07 Å². The molecule has 2 N–H and O–H groups in total. The van der Waals surface area contributed by atoms with Gasteiger partial charge in [-0.25, -0.2) is 9.78 Å². The van der Waals surface area contributed by atoms with Gasteiger partial charge in [0.05, 0.1) is 12.7 Å². The highest BCUT2D eigenvalue weighted by Gasteiger charge is 2.05. The minimum atomic E-state index is -0.354. The number of nitrogens with two attached hydrogens (primary N) is 1. The van der Waals surface area contributed by atoms with Gasteiger partial charge in [0.25, 0.3) is 0 Å². The molecule has 4 nitrogen and oxygen atoms in total. The molecule has 76 valence electrons. The number of rotatable bonds is 1. The molecular weight excluding hydrogens is 192 g/mol. The SMILES string of the molecule is COC(=O)c1ccc2cnc(N)cc2c1. The summed E-state index contributed by atoms with van der Waals surface area (Å²) >= 11 is 0. The number of pyridine rings is 1. The predicted octanol–water partition coefficient (Wildman–Crippen LogP) is 1.60. The van der Waals surface area contributed by atoms with E-state index in [9.17, 15) is 4.79 Å². The zero-order chi connectivity index (χ0) is 10.8. The highest BCUT2D eigenvalue weighted by molar-refractivity contribution is 5.95. The standard InChI is InChI=1S/C11H10N2O2/c1-15-11(14)7-2-3-8-6-13-10(12)5-9(8)4-7/h2-6H,1H3,(H2,12,13). The Morgan fingerprint density at radius 2 is 2.13 bits per heavy atom. The monoisotopic (exact) mass is 202 g/mol. The van der Waals surface area contributed by atoms with Crippen molar-refractivity contribution < 1.29 is 9.53 Å². The summed E-state index contributed by atoms with van der Waals surface area (Å²) in [7, 11) is 1.35. The lowest BCUT2D eigenvalue weighted by Gasteiger charge is -2.02. The maximum Gasteiger partial charge on any atom is 0.337 e. The molecule has 0 aliphatic carbocycles. The molecule has 0 unspecified atom stereocenters. The Hall–Kier alpha value is -2.10. The van der Waals surface area contributed by atoms with Crippen LogP contribution in [0.15, 0.2) is 30.5 Å². The van der Waals surface area contributed by atoms with Gasteiger partial charge in [0, 0.05) is 11.6 Å². The summed E-state index contributed by atoms with van der Waals surface area (Å²) in [6, 6.07) is 6.97. The molecule has 0 atom stereocenters. The van der Waals surface area contributed by atoms with Gasteiger partial charge in [-0.1, -0.05) is 6.07 Å². The van der Waals surface area contributed by atoms with Crippen LogP contribution in [0.25, 0.3) is 10.8 Å². The molecule has 1 heterocycles. The van der Waals surface area contributed by atoms with Crippen molar-refractivity contribution in [1.29, 1.82) is 0 Å². The predicted molar refractivity (Wildman–Crippen MR) is 57.5 cm³/mol. The van der Waals surface area contributed by atoms with E-state index in [-0.39, 0.29) is 5.97 Å². The van der Waals surface area contributed by atoms with Crippen molar-refractivity contribution in [2.45, 2.75) is 0 Å². The summed E-state index contributed by atoms with van der Waals surface area (Å²) < 4.78 is 4.63. The highest BCUT2D eigenvalue weighted by atomic mass is 16.5. The fraction of sp³-hybridized carbons (Fsp3) is 0.0909. The smallest absolute Gasteiger partial charge is 0.337 e. The second kappa shape index (κ2) is 3.57. The molecule has 2 rings (SSSR count). The van der Waals surface area contributed by atoms with E-state index in [0.717, 1.165) is 10.8 Å². The van der Waals surface area contributed by atoms with Gasteiger partial charge in [-0.2, -0.15) is 0 Å². The molecular formula is C11H10N2O2. The molecule has 2 aromatic rings. The molecule has 0 spiro atoms. The number of nitrogen functional groups attached to an aromatic ring is 1. The molecule has 4 heteroatoms. The van der Waals surface area contributed by atoms with Crippen molar-refractivity contribution in [3.63, 3.8) is 0 Å². The van der Waals surface area contributed by atoms with Gasteiger partial charge in [-0.15, -0.1) is 0 Å². The number of nitrogens with zero attached hydrogens (tertiary/aromatic N) is 1. The minimum Gasteiger partial charge on any atom is -0.465 e.